The van der Waals surface area contributed by atoms with Gasteiger partial charge in [-0.25, -0.2) is 0 Å². The van der Waals surface area contributed by atoms with Gasteiger partial charge in [0.25, 0.3) is 0 Å². The number of allylic oxidation sites excluding steroid dienone is 1. The van der Waals surface area contributed by atoms with Gasteiger partial charge in [-0.05, 0) is 12.0 Å². The Hall–Kier alpha value is -1.57. The molecule has 2 heteroatoms. The largest absolute Gasteiger partial charge is 0.469 e. The van der Waals surface area contributed by atoms with E-state index >= 15 is 0 Å². The van der Waals surface area contributed by atoms with Gasteiger partial charge in [0.1, 0.15) is 0 Å². The lowest BCUT2D eigenvalue weighted by molar-refractivity contribution is -0.139. The molecule has 0 unspecified atom stereocenters. The van der Waals surface area contributed by atoms with Gasteiger partial charge < -0.3 is 4.74 Å². The molecular formula is C12H14O2. The van der Waals surface area contributed by atoms with Crippen LogP contribution in [0.5, 0.6) is 0 Å². The summed E-state index contributed by atoms with van der Waals surface area (Å²) >= 11 is 0. The lowest BCUT2D eigenvalue weighted by atomic mass is 10.1. The molecule has 14 heavy (non-hydrogen) atoms. The quantitative estimate of drug-likeness (QED) is 0.538. The van der Waals surface area contributed by atoms with E-state index in [0.717, 1.165) is 6.42 Å². The number of carbonyl (C=O) groups excluding carboxylic acids is 1. The van der Waals surface area contributed by atoms with Gasteiger partial charge in [-0.15, -0.1) is 0 Å². The number of hydrogen-bond donors (Lipinski definition) is 0. The van der Waals surface area contributed by atoms with Crippen molar-refractivity contribution in [1.29, 1.82) is 0 Å². The van der Waals surface area contributed by atoms with Crippen LogP contribution in [0.2, 0.25) is 0 Å². The van der Waals surface area contributed by atoms with E-state index in [1.54, 1.807) is 0 Å². The normalized spacial score (nSPS) is 10.4. The topological polar surface area (TPSA) is 26.3 Å². The van der Waals surface area contributed by atoms with E-state index in [9.17, 15) is 4.79 Å². The summed E-state index contributed by atoms with van der Waals surface area (Å²) in [6.07, 6.45) is 5.02. The number of hydrogen-bond acceptors (Lipinski definition) is 2. The van der Waals surface area contributed by atoms with Crippen molar-refractivity contribution < 1.29 is 9.53 Å². The van der Waals surface area contributed by atoms with Crippen LogP contribution in [0.4, 0.5) is 0 Å². The second-order valence-electron chi connectivity index (χ2n) is 2.94. The Morgan fingerprint density at radius 1 is 1.29 bits per heavy atom. The Labute approximate surface area is 84.2 Å². The van der Waals surface area contributed by atoms with Crippen LogP contribution in [-0.2, 0) is 16.0 Å². The minimum Gasteiger partial charge on any atom is -0.469 e. The second kappa shape index (κ2) is 5.97. The summed E-state index contributed by atoms with van der Waals surface area (Å²) < 4.78 is 4.51. The molecule has 0 atom stereocenters. The average molecular weight is 190 g/mol. The molecule has 0 radical (unpaired) electrons. The maximum Gasteiger partial charge on any atom is 0.309 e. The fraction of sp³-hybridized carbons (Fsp3) is 0.250. The Kier molecular flexibility index (Phi) is 4.48. The van der Waals surface area contributed by atoms with Gasteiger partial charge in [0.2, 0.25) is 0 Å². The van der Waals surface area contributed by atoms with Gasteiger partial charge >= 0.3 is 5.97 Å². The third-order valence-electron chi connectivity index (χ3n) is 1.88. The maximum atomic E-state index is 10.7. The van der Waals surface area contributed by atoms with E-state index in [4.69, 9.17) is 0 Å². The fourth-order valence-electron chi connectivity index (χ4n) is 1.10. The van der Waals surface area contributed by atoms with Crippen molar-refractivity contribution in [2.75, 3.05) is 7.11 Å². The van der Waals surface area contributed by atoms with Crippen molar-refractivity contribution in [3.05, 3.63) is 48.0 Å². The molecule has 0 bridgehead atoms. The molecule has 1 aromatic rings. The summed E-state index contributed by atoms with van der Waals surface area (Å²) in [5.41, 5.74) is 1.24. The molecule has 0 aromatic heterocycles. The third kappa shape index (κ3) is 3.90. The predicted octanol–water partition coefficient (Wildman–Crippen LogP) is 2.35. The Morgan fingerprint density at radius 3 is 2.64 bits per heavy atom. The van der Waals surface area contributed by atoms with Crippen molar-refractivity contribution in [3.8, 4) is 0 Å². The average Bonchev–Trinajstić information content (AvgIpc) is 2.25. The lowest BCUT2D eigenvalue weighted by Gasteiger charge is -1.94. The molecule has 0 aliphatic rings. The SMILES string of the molecule is COC(=O)C/C=C\Cc1ccccc1. The highest BCUT2D eigenvalue weighted by molar-refractivity contribution is 5.70. The standard InChI is InChI=1S/C12H14O2/c1-14-12(13)10-6-5-9-11-7-3-2-4-8-11/h2-8H,9-10H2,1H3/b6-5-. The summed E-state index contributed by atoms with van der Waals surface area (Å²) in [6, 6.07) is 10.1. The van der Waals surface area contributed by atoms with Crippen LogP contribution in [0.25, 0.3) is 0 Å². The van der Waals surface area contributed by atoms with Crippen molar-refractivity contribution >= 4 is 5.97 Å². The summed E-state index contributed by atoms with van der Waals surface area (Å²) in [5, 5.41) is 0. The number of benzene rings is 1. The van der Waals surface area contributed by atoms with Crippen LogP contribution in [0.3, 0.4) is 0 Å². The van der Waals surface area contributed by atoms with E-state index in [2.05, 4.69) is 16.9 Å². The number of rotatable bonds is 4. The van der Waals surface area contributed by atoms with Crippen LogP contribution < -0.4 is 0 Å². The number of carbonyl (C=O) groups is 1. The molecule has 0 aliphatic carbocycles. The van der Waals surface area contributed by atoms with Crippen molar-refractivity contribution in [2.45, 2.75) is 12.8 Å². The van der Waals surface area contributed by atoms with E-state index in [0.29, 0.717) is 6.42 Å². The predicted molar refractivity (Wildman–Crippen MR) is 55.9 cm³/mol. The first kappa shape index (κ1) is 10.5. The van der Waals surface area contributed by atoms with Crippen LogP contribution >= 0.6 is 0 Å². The molecule has 1 aromatic carbocycles. The summed E-state index contributed by atoms with van der Waals surface area (Å²) in [4.78, 5) is 10.7. The smallest absolute Gasteiger partial charge is 0.309 e. The Morgan fingerprint density at radius 2 is 2.00 bits per heavy atom. The van der Waals surface area contributed by atoms with Gasteiger partial charge in [-0.1, -0.05) is 42.5 Å². The molecule has 0 amide bonds. The van der Waals surface area contributed by atoms with Gasteiger partial charge in [0, 0.05) is 0 Å². The van der Waals surface area contributed by atoms with Gasteiger partial charge in [0.05, 0.1) is 13.5 Å². The Balaban J connectivity index is 2.31. The molecule has 0 saturated heterocycles. The van der Waals surface area contributed by atoms with Gasteiger partial charge in [0.15, 0.2) is 0 Å². The number of ether oxygens (including phenoxy) is 1. The van der Waals surface area contributed by atoms with Crippen LogP contribution in [0, 0.1) is 0 Å². The summed E-state index contributed by atoms with van der Waals surface area (Å²) in [6.45, 7) is 0. The second-order valence-corrected chi connectivity index (χ2v) is 2.94. The molecule has 0 fully saturated rings. The highest BCUT2D eigenvalue weighted by Gasteiger charge is 1.93. The summed E-state index contributed by atoms with van der Waals surface area (Å²) in [5.74, 6) is -0.200. The summed E-state index contributed by atoms with van der Waals surface area (Å²) in [7, 11) is 1.40. The maximum absolute atomic E-state index is 10.7. The number of methoxy groups -OCH3 is 1. The first-order valence-electron chi connectivity index (χ1n) is 4.58. The van der Waals surface area contributed by atoms with Crippen LogP contribution in [-0.4, -0.2) is 13.1 Å². The fourth-order valence-corrected chi connectivity index (χ4v) is 1.10. The van der Waals surface area contributed by atoms with E-state index in [1.807, 2.05) is 30.4 Å². The van der Waals surface area contributed by atoms with E-state index < -0.39 is 0 Å². The first-order valence-corrected chi connectivity index (χ1v) is 4.58. The minimum absolute atomic E-state index is 0.200. The highest BCUT2D eigenvalue weighted by Crippen LogP contribution is 2.00. The molecule has 0 saturated carbocycles. The third-order valence-corrected chi connectivity index (χ3v) is 1.88. The van der Waals surface area contributed by atoms with Crippen LogP contribution in [0.1, 0.15) is 12.0 Å². The van der Waals surface area contributed by atoms with Gasteiger partial charge in [-0.2, -0.15) is 0 Å². The van der Waals surface area contributed by atoms with Gasteiger partial charge in [-0.3, -0.25) is 4.79 Å². The molecule has 0 heterocycles. The zero-order chi connectivity index (χ0) is 10.2. The Bertz CT molecular complexity index is 301. The van der Waals surface area contributed by atoms with Crippen molar-refractivity contribution in [1.82, 2.24) is 0 Å². The van der Waals surface area contributed by atoms with Crippen molar-refractivity contribution in [3.63, 3.8) is 0 Å². The van der Waals surface area contributed by atoms with E-state index in [1.165, 1.54) is 12.7 Å². The molecule has 1 rings (SSSR count). The molecule has 0 N–H and O–H groups in total. The highest BCUT2D eigenvalue weighted by atomic mass is 16.5. The first-order chi connectivity index (χ1) is 6.83. The number of esters is 1. The molecule has 74 valence electrons. The zero-order valence-electron chi connectivity index (χ0n) is 8.27. The van der Waals surface area contributed by atoms with E-state index in [-0.39, 0.29) is 5.97 Å². The van der Waals surface area contributed by atoms with Crippen molar-refractivity contribution in [2.24, 2.45) is 0 Å². The monoisotopic (exact) mass is 190 g/mol. The molecule has 0 aliphatic heterocycles. The zero-order valence-corrected chi connectivity index (χ0v) is 8.27. The van der Waals surface area contributed by atoms with Crippen LogP contribution in [0.15, 0.2) is 42.5 Å². The minimum atomic E-state index is -0.200. The lowest BCUT2D eigenvalue weighted by Crippen LogP contribution is -1.96. The molecular weight excluding hydrogens is 176 g/mol. The molecule has 0 spiro atoms. The molecule has 2 nitrogen and oxygen atoms in total.